The van der Waals surface area contributed by atoms with Crippen molar-refractivity contribution in [3.05, 3.63) is 36.3 Å². The Hall–Kier alpha value is -1.88. The molecular formula is C14H19N3O2. The highest BCUT2D eigenvalue weighted by Crippen LogP contribution is 2.17. The fourth-order valence-corrected chi connectivity index (χ4v) is 1.95. The zero-order chi connectivity index (χ0) is 14.0. The van der Waals surface area contributed by atoms with E-state index in [4.69, 9.17) is 5.11 Å². The minimum Gasteiger partial charge on any atom is -0.480 e. The maximum absolute atomic E-state index is 11.0. The highest BCUT2D eigenvalue weighted by Gasteiger charge is 2.24. The molecule has 0 spiro atoms. The van der Waals surface area contributed by atoms with Crippen LogP contribution < -0.4 is 0 Å². The summed E-state index contributed by atoms with van der Waals surface area (Å²) in [6, 6.07) is 5.81. The number of imidazole rings is 1. The molecule has 0 unspecified atom stereocenters. The highest BCUT2D eigenvalue weighted by atomic mass is 16.4. The molecule has 5 heteroatoms. The normalized spacial score (nSPS) is 12.2. The predicted octanol–water partition coefficient (Wildman–Crippen LogP) is 2.02. The van der Waals surface area contributed by atoms with Crippen molar-refractivity contribution < 1.29 is 9.90 Å². The number of nitrogens with zero attached hydrogens (tertiary/aromatic N) is 3. The molecule has 5 nitrogen and oxygen atoms in total. The van der Waals surface area contributed by atoms with E-state index < -0.39 is 5.97 Å². The summed E-state index contributed by atoms with van der Waals surface area (Å²) >= 11 is 0. The summed E-state index contributed by atoms with van der Waals surface area (Å²) in [6.45, 7) is 6.55. The van der Waals surface area contributed by atoms with Crippen molar-refractivity contribution in [2.45, 2.75) is 32.9 Å². The third-order valence-electron chi connectivity index (χ3n) is 3.04. The van der Waals surface area contributed by atoms with Crippen LogP contribution in [0.3, 0.4) is 0 Å². The van der Waals surface area contributed by atoms with Crippen molar-refractivity contribution in [2.75, 3.05) is 6.54 Å². The van der Waals surface area contributed by atoms with Crippen molar-refractivity contribution in [2.24, 2.45) is 0 Å². The number of hydrogen-bond donors (Lipinski definition) is 1. The Balaban J connectivity index is 2.23. The lowest BCUT2D eigenvalue weighted by atomic mass is 10.1. The van der Waals surface area contributed by atoms with Gasteiger partial charge in [0.2, 0.25) is 0 Å². The molecule has 2 aromatic rings. The molecule has 0 atom stereocenters. The van der Waals surface area contributed by atoms with Gasteiger partial charge in [0.1, 0.15) is 5.65 Å². The van der Waals surface area contributed by atoms with Crippen molar-refractivity contribution in [3.8, 4) is 0 Å². The second-order valence-electron chi connectivity index (χ2n) is 5.62. The zero-order valence-electron chi connectivity index (χ0n) is 11.5. The van der Waals surface area contributed by atoms with Crippen molar-refractivity contribution in [3.63, 3.8) is 0 Å². The smallest absolute Gasteiger partial charge is 0.317 e. The van der Waals surface area contributed by atoms with Gasteiger partial charge in [0.05, 0.1) is 12.2 Å². The number of fused-ring (bicyclic) bond motifs is 1. The van der Waals surface area contributed by atoms with Crippen LogP contribution in [0.4, 0.5) is 0 Å². The first kappa shape index (κ1) is 13.5. The lowest BCUT2D eigenvalue weighted by Gasteiger charge is -2.33. The summed E-state index contributed by atoms with van der Waals surface area (Å²) < 4.78 is 1.94. The molecule has 1 N–H and O–H groups in total. The first-order valence-electron chi connectivity index (χ1n) is 6.26. The summed E-state index contributed by atoms with van der Waals surface area (Å²) in [4.78, 5) is 17.4. The van der Waals surface area contributed by atoms with E-state index >= 15 is 0 Å². The van der Waals surface area contributed by atoms with Gasteiger partial charge in [-0.2, -0.15) is 0 Å². The monoisotopic (exact) mass is 261 g/mol. The molecule has 0 bridgehead atoms. The van der Waals surface area contributed by atoms with E-state index in [1.807, 2.05) is 60.7 Å². The third-order valence-corrected chi connectivity index (χ3v) is 3.04. The quantitative estimate of drug-likeness (QED) is 0.914. The molecule has 0 radical (unpaired) electrons. The lowest BCUT2D eigenvalue weighted by molar-refractivity contribution is -0.139. The van der Waals surface area contributed by atoms with Gasteiger partial charge < -0.3 is 9.51 Å². The standard InChI is InChI=1S/C14H19N3O2/c1-14(2,3)17(10-13(18)19)9-11-8-16-7-5-4-6-12(16)15-11/h4-8H,9-10H2,1-3H3,(H,18,19). The van der Waals surface area contributed by atoms with E-state index in [-0.39, 0.29) is 12.1 Å². The Morgan fingerprint density at radius 2 is 2.16 bits per heavy atom. The fraction of sp³-hybridized carbons (Fsp3) is 0.429. The molecule has 0 aliphatic rings. The zero-order valence-corrected chi connectivity index (χ0v) is 11.5. The predicted molar refractivity (Wildman–Crippen MR) is 73.0 cm³/mol. The second kappa shape index (κ2) is 5.01. The van der Waals surface area contributed by atoms with Gasteiger partial charge >= 0.3 is 5.97 Å². The number of aromatic nitrogens is 2. The molecule has 0 saturated carbocycles. The highest BCUT2D eigenvalue weighted by molar-refractivity contribution is 5.69. The van der Waals surface area contributed by atoms with Gasteiger partial charge in [0.25, 0.3) is 0 Å². The van der Waals surface area contributed by atoms with Crippen LogP contribution in [0.25, 0.3) is 5.65 Å². The first-order valence-corrected chi connectivity index (χ1v) is 6.26. The number of aliphatic carboxylic acids is 1. The molecule has 0 saturated heterocycles. The van der Waals surface area contributed by atoms with E-state index in [2.05, 4.69) is 4.98 Å². The molecule has 0 aliphatic heterocycles. The average molecular weight is 261 g/mol. The molecule has 0 fully saturated rings. The number of pyridine rings is 1. The molecule has 19 heavy (non-hydrogen) atoms. The SMILES string of the molecule is CC(C)(C)N(CC(=O)O)Cc1cn2ccccc2n1. The van der Waals surface area contributed by atoms with Crippen molar-refractivity contribution in [1.82, 2.24) is 14.3 Å². The molecule has 2 aromatic heterocycles. The molecule has 2 rings (SSSR count). The number of carbonyl (C=O) groups is 1. The molecule has 0 aliphatic carbocycles. The maximum Gasteiger partial charge on any atom is 0.317 e. The third kappa shape index (κ3) is 3.32. The number of rotatable bonds is 4. The lowest BCUT2D eigenvalue weighted by Crippen LogP contribution is -2.43. The van der Waals surface area contributed by atoms with Crippen LogP contribution in [-0.4, -0.2) is 37.4 Å². The van der Waals surface area contributed by atoms with E-state index in [9.17, 15) is 4.79 Å². The van der Waals surface area contributed by atoms with E-state index in [0.717, 1.165) is 11.3 Å². The van der Waals surface area contributed by atoms with Crippen LogP contribution in [0.1, 0.15) is 26.5 Å². The van der Waals surface area contributed by atoms with Crippen LogP contribution in [0.5, 0.6) is 0 Å². The second-order valence-corrected chi connectivity index (χ2v) is 5.62. The Kier molecular flexibility index (Phi) is 3.57. The number of carboxylic acid groups (broad SMARTS) is 1. The topological polar surface area (TPSA) is 57.8 Å². The molecule has 102 valence electrons. The van der Waals surface area contributed by atoms with E-state index in [0.29, 0.717) is 6.54 Å². The van der Waals surface area contributed by atoms with Crippen LogP contribution in [0.2, 0.25) is 0 Å². The van der Waals surface area contributed by atoms with Gasteiger partial charge in [0, 0.05) is 24.5 Å². The van der Waals surface area contributed by atoms with Gasteiger partial charge in [-0.15, -0.1) is 0 Å². The van der Waals surface area contributed by atoms with Crippen molar-refractivity contribution in [1.29, 1.82) is 0 Å². The van der Waals surface area contributed by atoms with Crippen LogP contribution in [0.15, 0.2) is 30.6 Å². The van der Waals surface area contributed by atoms with Crippen LogP contribution >= 0.6 is 0 Å². The number of carboxylic acids is 1. The van der Waals surface area contributed by atoms with E-state index in [1.54, 1.807) is 0 Å². The molecule has 0 aromatic carbocycles. The Bertz CT molecular complexity index is 551. The number of hydrogen-bond acceptors (Lipinski definition) is 3. The summed E-state index contributed by atoms with van der Waals surface area (Å²) in [7, 11) is 0. The first-order chi connectivity index (χ1) is 8.86. The Morgan fingerprint density at radius 3 is 2.74 bits per heavy atom. The molecule has 0 amide bonds. The van der Waals surface area contributed by atoms with Crippen molar-refractivity contribution >= 4 is 11.6 Å². The molecule has 2 heterocycles. The van der Waals surface area contributed by atoms with Gasteiger partial charge in [-0.25, -0.2) is 4.98 Å². The maximum atomic E-state index is 11.0. The van der Waals surface area contributed by atoms with Gasteiger partial charge in [0.15, 0.2) is 0 Å². The summed E-state index contributed by atoms with van der Waals surface area (Å²) in [5.41, 5.74) is 1.54. The minimum atomic E-state index is -0.821. The largest absolute Gasteiger partial charge is 0.480 e. The van der Waals surface area contributed by atoms with Gasteiger partial charge in [-0.1, -0.05) is 6.07 Å². The van der Waals surface area contributed by atoms with Crippen LogP contribution in [0, 0.1) is 0 Å². The minimum absolute atomic E-state index is 0.0113. The Labute approximate surface area is 112 Å². The molecular weight excluding hydrogens is 242 g/mol. The van der Waals surface area contributed by atoms with Gasteiger partial charge in [-0.05, 0) is 32.9 Å². The Morgan fingerprint density at radius 1 is 1.42 bits per heavy atom. The fourth-order valence-electron chi connectivity index (χ4n) is 1.95. The summed E-state index contributed by atoms with van der Waals surface area (Å²) in [6.07, 6.45) is 3.88. The summed E-state index contributed by atoms with van der Waals surface area (Å²) in [5, 5.41) is 9.00. The van der Waals surface area contributed by atoms with Gasteiger partial charge in [-0.3, -0.25) is 9.69 Å². The van der Waals surface area contributed by atoms with E-state index in [1.165, 1.54) is 0 Å². The van der Waals surface area contributed by atoms with Crippen LogP contribution in [-0.2, 0) is 11.3 Å². The average Bonchev–Trinajstić information content (AvgIpc) is 2.68. The summed E-state index contributed by atoms with van der Waals surface area (Å²) in [5.74, 6) is -0.821.